The number of rotatable bonds is 5. The fourth-order valence-electron chi connectivity index (χ4n) is 3.19. The van der Waals surface area contributed by atoms with Crippen LogP contribution in [0.15, 0.2) is 60.7 Å². The second kappa shape index (κ2) is 7.05. The Balaban J connectivity index is 2.06. The highest BCUT2D eigenvalue weighted by molar-refractivity contribution is 9.10. The topological polar surface area (TPSA) is 38.8 Å². The fraction of sp³-hybridized carbons (Fsp3) is 0.316. The summed E-state index contributed by atoms with van der Waals surface area (Å²) >= 11 is 3.46. The molecule has 0 unspecified atom stereocenters. The van der Waals surface area contributed by atoms with Crippen molar-refractivity contribution in [3.63, 3.8) is 0 Å². The zero-order chi connectivity index (χ0) is 17.2. The molecule has 0 saturated carbocycles. The van der Waals surface area contributed by atoms with E-state index in [1.165, 1.54) is 0 Å². The van der Waals surface area contributed by atoms with Crippen LogP contribution in [-0.2, 0) is 14.3 Å². The van der Waals surface area contributed by atoms with Crippen molar-refractivity contribution in [1.29, 1.82) is 0 Å². The van der Waals surface area contributed by atoms with Gasteiger partial charge in [0.25, 0.3) is 0 Å². The normalized spacial score (nSPS) is 19.9. The molecule has 0 bridgehead atoms. The molecule has 1 aliphatic rings. The minimum absolute atomic E-state index is 0.0450. The summed E-state index contributed by atoms with van der Waals surface area (Å²) < 4.78 is 11.1. The van der Waals surface area contributed by atoms with Gasteiger partial charge in [0.05, 0.1) is 12.6 Å². The molecule has 2 aromatic carbocycles. The third-order valence-corrected chi connectivity index (χ3v) is 5.60. The van der Waals surface area contributed by atoms with E-state index in [2.05, 4.69) is 15.9 Å². The minimum atomic E-state index is -0.987. The molecule has 0 aliphatic carbocycles. The van der Waals surface area contributed by atoms with E-state index in [1.54, 1.807) is 14.2 Å². The van der Waals surface area contributed by atoms with E-state index in [0.29, 0.717) is 6.54 Å². The Hall–Kier alpha value is -1.69. The molecule has 1 fully saturated rings. The van der Waals surface area contributed by atoms with Gasteiger partial charge < -0.3 is 14.4 Å². The summed E-state index contributed by atoms with van der Waals surface area (Å²) in [5.74, 6) is -1.03. The number of carbonyl (C=O) groups is 1. The molecule has 0 radical (unpaired) electrons. The Morgan fingerprint density at radius 2 is 1.46 bits per heavy atom. The van der Waals surface area contributed by atoms with Crippen LogP contribution in [0.1, 0.15) is 17.2 Å². The second-order valence-electron chi connectivity index (χ2n) is 5.77. The van der Waals surface area contributed by atoms with Crippen molar-refractivity contribution >= 4 is 21.8 Å². The van der Waals surface area contributed by atoms with Gasteiger partial charge in [0, 0.05) is 14.2 Å². The summed E-state index contributed by atoms with van der Waals surface area (Å²) in [6.07, 6.45) is 0. The van der Waals surface area contributed by atoms with Gasteiger partial charge in [-0.05, 0) is 11.1 Å². The molecule has 126 valence electrons. The van der Waals surface area contributed by atoms with E-state index in [0.717, 1.165) is 11.1 Å². The Bertz CT molecular complexity index is 649. The van der Waals surface area contributed by atoms with Crippen molar-refractivity contribution in [3.8, 4) is 0 Å². The van der Waals surface area contributed by atoms with Gasteiger partial charge in [-0.25, -0.2) is 0 Å². The number of benzene rings is 2. The third-order valence-electron chi connectivity index (χ3n) is 4.51. The van der Waals surface area contributed by atoms with Crippen molar-refractivity contribution in [2.24, 2.45) is 0 Å². The molecule has 1 heterocycles. The van der Waals surface area contributed by atoms with Gasteiger partial charge in [0.2, 0.25) is 11.7 Å². The molecule has 0 aromatic heterocycles. The average Bonchev–Trinajstić information content (AvgIpc) is 2.89. The van der Waals surface area contributed by atoms with Crippen LogP contribution in [-0.4, -0.2) is 42.2 Å². The Labute approximate surface area is 150 Å². The molecule has 2 aromatic rings. The van der Waals surface area contributed by atoms with Gasteiger partial charge in [-0.15, -0.1) is 0 Å². The monoisotopic (exact) mass is 389 g/mol. The largest absolute Gasteiger partial charge is 0.350 e. The van der Waals surface area contributed by atoms with Crippen LogP contribution >= 0.6 is 15.9 Å². The summed E-state index contributed by atoms with van der Waals surface area (Å²) in [6, 6.07) is 19.8. The van der Waals surface area contributed by atoms with E-state index in [4.69, 9.17) is 9.47 Å². The predicted octanol–water partition coefficient (Wildman–Crippen LogP) is 3.37. The van der Waals surface area contributed by atoms with Crippen LogP contribution in [0.25, 0.3) is 0 Å². The lowest BCUT2D eigenvalue weighted by Gasteiger charge is -2.31. The van der Waals surface area contributed by atoms with Crippen LogP contribution in [0.2, 0.25) is 0 Å². The lowest BCUT2D eigenvalue weighted by atomic mass is 9.97. The van der Waals surface area contributed by atoms with Gasteiger partial charge in [-0.2, -0.15) is 0 Å². The smallest absolute Gasteiger partial charge is 0.242 e. The minimum Gasteiger partial charge on any atom is -0.350 e. The SMILES string of the molecule is COC1(OC)CN(C(c2ccccc2)c2ccccc2)C(=O)[C@@H]1Br. The molecule has 3 rings (SSSR count). The van der Waals surface area contributed by atoms with Crippen molar-refractivity contribution in [3.05, 3.63) is 71.8 Å². The highest BCUT2D eigenvalue weighted by Crippen LogP contribution is 2.40. The quantitative estimate of drug-likeness (QED) is 0.581. The van der Waals surface area contributed by atoms with E-state index < -0.39 is 10.6 Å². The van der Waals surface area contributed by atoms with E-state index in [-0.39, 0.29) is 11.9 Å². The Kier molecular flexibility index (Phi) is 5.04. The van der Waals surface area contributed by atoms with Gasteiger partial charge in [-0.1, -0.05) is 76.6 Å². The fourth-order valence-corrected chi connectivity index (χ4v) is 3.97. The van der Waals surface area contributed by atoms with Gasteiger partial charge >= 0.3 is 0 Å². The number of alkyl halides is 1. The van der Waals surface area contributed by atoms with Crippen LogP contribution in [0.3, 0.4) is 0 Å². The second-order valence-corrected chi connectivity index (χ2v) is 6.69. The first kappa shape index (κ1) is 17.1. The number of amides is 1. The molecule has 0 N–H and O–H groups in total. The Morgan fingerprint density at radius 1 is 1.00 bits per heavy atom. The number of methoxy groups -OCH3 is 2. The molecule has 1 atom stereocenters. The number of ether oxygens (including phenoxy) is 2. The highest BCUT2D eigenvalue weighted by Gasteiger charge is 2.54. The summed E-state index contributed by atoms with van der Waals surface area (Å²) in [6.45, 7) is 0.350. The van der Waals surface area contributed by atoms with Crippen molar-refractivity contribution in [1.82, 2.24) is 4.90 Å². The van der Waals surface area contributed by atoms with Gasteiger partial charge in [0.1, 0.15) is 4.83 Å². The first-order valence-electron chi connectivity index (χ1n) is 7.77. The molecule has 1 aliphatic heterocycles. The molecular formula is C19H20BrNO3. The average molecular weight is 390 g/mol. The molecule has 1 amide bonds. The number of hydrogen-bond acceptors (Lipinski definition) is 3. The van der Waals surface area contributed by atoms with Gasteiger partial charge in [0.15, 0.2) is 0 Å². The summed E-state index contributed by atoms with van der Waals surface area (Å²) in [5, 5.41) is 0. The maximum atomic E-state index is 12.9. The summed E-state index contributed by atoms with van der Waals surface area (Å²) in [4.78, 5) is 14.2. The van der Waals surface area contributed by atoms with Crippen molar-refractivity contribution in [2.75, 3.05) is 20.8 Å². The van der Waals surface area contributed by atoms with Crippen LogP contribution in [0, 0.1) is 0 Å². The molecular weight excluding hydrogens is 370 g/mol. The molecule has 1 saturated heterocycles. The van der Waals surface area contributed by atoms with Gasteiger partial charge in [-0.3, -0.25) is 4.79 Å². The number of carbonyl (C=O) groups excluding carboxylic acids is 1. The standard InChI is InChI=1S/C19H20BrNO3/c1-23-19(24-2)13-21(18(22)17(19)20)16(14-9-5-3-6-10-14)15-11-7-4-8-12-15/h3-12,16-17H,13H2,1-2H3/t17-/m0/s1. The number of halogens is 1. The summed E-state index contributed by atoms with van der Waals surface area (Å²) in [7, 11) is 3.13. The van der Waals surface area contributed by atoms with Crippen molar-refractivity contribution in [2.45, 2.75) is 16.7 Å². The Morgan fingerprint density at radius 3 is 1.83 bits per heavy atom. The third kappa shape index (κ3) is 2.88. The summed E-state index contributed by atoms with van der Waals surface area (Å²) in [5.41, 5.74) is 2.11. The van der Waals surface area contributed by atoms with Crippen LogP contribution in [0.4, 0.5) is 0 Å². The number of hydrogen-bond donors (Lipinski definition) is 0. The van der Waals surface area contributed by atoms with E-state index in [1.807, 2.05) is 65.6 Å². The maximum absolute atomic E-state index is 12.9. The molecule has 5 heteroatoms. The first-order valence-corrected chi connectivity index (χ1v) is 8.69. The first-order chi connectivity index (χ1) is 11.6. The van der Waals surface area contributed by atoms with Crippen LogP contribution in [0.5, 0.6) is 0 Å². The van der Waals surface area contributed by atoms with E-state index in [9.17, 15) is 4.79 Å². The maximum Gasteiger partial charge on any atom is 0.242 e. The zero-order valence-electron chi connectivity index (χ0n) is 13.7. The predicted molar refractivity (Wildman–Crippen MR) is 95.9 cm³/mol. The number of nitrogens with zero attached hydrogens (tertiary/aromatic N) is 1. The van der Waals surface area contributed by atoms with Crippen LogP contribution < -0.4 is 0 Å². The lowest BCUT2D eigenvalue weighted by molar-refractivity contribution is -0.192. The molecule has 0 spiro atoms. The molecule has 24 heavy (non-hydrogen) atoms. The molecule has 4 nitrogen and oxygen atoms in total. The van der Waals surface area contributed by atoms with Crippen molar-refractivity contribution < 1.29 is 14.3 Å². The zero-order valence-corrected chi connectivity index (χ0v) is 15.3. The number of likely N-dealkylation sites (tertiary alicyclic amines) is 1. The lowest BCUT2D eigenvalue weighted by Crippen LogP contribution is -2.43. The highest BCUT2D eigenvalue weighted by atomic mass is 79.9. The van der Waals surface area contributed by atoms with E-state index >= 15 is 0 Å².